The van der Waals surface area contributed by atoms with E-state index >= 15 is 0 Å². The molecule has 1 saturated heterocycles. The minimum Gasteiger partial charge on any atom is -0.479 e. The van der Waals surface area contributed by atoms with E-state index in [4.69, 9.17) is 10.00 Å². The standard InChI is InChI=1S/C41H43N3O5/c42-18-19-49-36-16-9-14-30(23-36)21-33-24-34(22-29-12-5-2-6-13-29)44(41(33)48)27-35(45)25-32(20-28-10-3-1-4-11-28)40(47)43-39-37-17-8-7-15-31(37)26-38(39)46/h1-17,23,32-35,38-39,45-46H,19-22,24-27H2,(H,43,47)/t32-,33+,34+,35+,38-,39+/m1/s1. The van der Waals surface area contributed by atoms with Crippen LogP contribution in [0, 0.1) is 23.2 Å². The van der Waals surface area contributed by atoms with Crippen LogP contribution in [0.3, 0.4) is 0 Å². The Hall–Kier alpha value is -4.97. The number of benzene rings is 4. The Morgan fingerprint density at radius 2 is 1.61 bits per heavy atom. The zero-order valence-corrected chi connectivity index (χ0v) is 27.5. The highest BCUT2D eigenvalue weighted by Gasteiger charge is 2.41. The van der Waals surface area contributed by atoms with Gasteiger partial charge in [-0.15, -0.1) is 0 Å². The average Bonchev–Trinajstić information content (AvgIpc) is 3.58. The smallest absolute Gasteiger partial charge is 0.226 e. The summed E-state index contributed by atoms with van der Waals surface area (Å²) in [5.74, 6) is -0.505. The van der Waals surface area contributed by atoms with Gasteiger partial charge in [0.25, 0.3) is 0 Å². The molecule has 2 amide bonds. The molecule has 0 spiro atoms. The van der Waals surface area contributed by atoms with Crippen LogP contribution in [0.4, 0.5) is 0 Å². The summed E-state index contributed by atoms with van der Waals surface area (Å²) < 4.78 is 5.49. The maximum atomic E-state index is 14.0. The van der Waals surface area contributed by atoms with Crippen LogP contribution in [0.25, 0.3) is 0 Å². The predicted molar refractivity (Wildman–Crippen MR) is 186 cm³/mol. The lowest BCUT2D eigenvalue weighted by Crippen LogP contribution is -2.43. The Labute approximate surface area is 288 Å². The minimum atomic E-state index is -0.941. The van der Waals surface area contributed by atoms with E-state index in [1.54, 1.807) is 6.07 Å². The maximum Gasteiger partial charge on any atom is 0.226 e. The number of likely N-dealkylation sites (tertiary alicyclic amines) is 1. The highest BCUT2D eigenvalue weighted by atomic mass is 16.5. The predicted octanol–water partition coefficient (Wildman–Crippen LogP) is 4.98. The molecule has 4 aromatic carbocycles. The second kappa shape index (κ2) is 16.0. The number of β-amino-alcohol motifs (C(OH)–C–C–N with tert-alkyl or cyclic N) is 1. The van der Waals surface area contributed by atoms with Crippen molar-refractivity contribution >= 4 is 11.8 Å². The number of nitrogens with zero attached hydrogens (tertiary/aromatic N) is 2. The summed E-state index contributed by atoms with van der Waals surface area (Å²) in [4.78, 5) is 29.8. The van der Waals surface area contributed by atoms with Crippen LogP contribution >= 0.6 is 0 Å². The molecule has 4 aromatic rings. The molecule has 49 heavy (non-hydrogen) atoms. The molecule has 1 aliphatic carbocycles. The highest BCUT2D eigenvalue weighted by Crippen LogP contribution is 2.33. The molecule has 1 aliphatic heterocycles. The van der Waals surface area contributed by atoms with Crippen LogP contribution in [0.2, 0.25) is 0 Å². The largest absolute Gasteiger partial charge is 0.479 e. The van der Waals surface area contributed by atoms with Gasteiger partial charge >= 0.3 is 0 Å². The number of carbonyl (C=O) groups is 2. The number of ether oxygens (including phenoxy) is 1. The van der Waals surface area contributed by atoms with Crippen LogP contribution in [0.1, 0.15) is 46.7 Å². The van der Waals surface area contributed by atoms with E-state index in [9.17, 15) is 19.8 Å². The van der Waals surface area contributed by atoms with Crippen molar-refractivity contribution in [3.05, 3.63) is 137 Å². The van der Waals surface area contributed by atoms with Gasteiger partial charge < -0.3 is 25.2 Å². The molecule has 0 aromatic heterocycles. The number of aliphatic hydroxyl groups is 2. The van der Waals surface area contributed by atoms with Gasteiger partial charge in [0.2, 0.25) is 11.8 Å². The van der Waals surface area contributed by atoms with E-state index < -0.39 is 24.2 Å². The van der Waals surface area contributed by atoms with E-state index in [-0.39, 0.29) is 43.3 Å². The maximum absolute atomic E-state index is 14.0. The van der Waals surface area contributed by atoms with Crippen molar-refractivity contribution in [1.29, 1.82) is 5.26 Å². The fraction of sp³-hybridized carbons (Fsp3) is 0.341. The van der Waals surface area contributed by atoms with Crippen LogP contribution < -0.4 is 10.1 Å². The molecule has 0 saturated carbocycles. The third-order valence-corrected chi connectivity index (χ3v) is 9.79. The topological polar surface area (TPSA) is 123 Å². The first-order chi connectivity index (χ1) is 23.9. The summed E-state index contributed by atoms with van der Waals surface area (Å²) in [7, 11) is 0. The third-order valence-electron chi connectivity index (χ3n) is 9.79. The summed E-state index contributed by atoms with van der Waals surface area (Å²) in [6, 6.07) is 36.4. The van der Waals surface area contributed by atoms with Gasteiger partial charge in [-0.1, -0.05) is 97.1 Å². The molecule has 1 fully saturated rings. The van der Waals surface area contributed by atoms with E-state index in [0.717, 1.165) is 27.8 Å². The van der Waals surface area contributed by atoms with E-state index in [1.165, 1.54) is 0 Å². The average molecular weight is 658 g/mol. The Morgan fingerprint density at radius 3 is 2.37 bits per heavy atom. The van der Waals surface area contributed by atoms with Gasteiger partial charge in [-0.2, -0.15) is 5.26 Å². The Morgan fingerprint density at radius 1 is 0.918 bits per heavy atom. The minimum absolute atomic E-state index is 0.0157. The number of nitrogens with one attached hydrogen (secondary N) is 1. The lowest BCUT2D eigenvalue weighted by Gasteiger charge is -2.29. The molecule has 0 unspecified atom stereocenters. The summed E-state index contributed by atoms with van der Waals surface area (Å²) in [5.41, 5.74) is 4.98. The molecule has 1 heterocycles. The summed E-state index contributed by atoms with van der Waals surface area (Å²) in [6.07, 6.45) is 1.21. The quantitative estimate of drug-likeness (QED) is 0.176. The molecule has 0 bridgehead atoms. The third kappa shape index (κ3) is 8.55. The van der Waals surface area contributed by atoms with Crippen molar-refractivity contribution in [2.24, 2.45) is 11.8 Å². The zero-order valence-electron chi connectivity index (χ0n) is 27.5. The Bertz CT molecular complexity index is 1760. The lowest BCUT2D eigenvalue weighted by atomic mass is 9.91. The van der Waals surface area contributed by atoms with Crippen molar-refractivity contribution in [1.82, 2.24) is 10.2 Å². The Balaban J connectivity index is 1.18. The molecule has 252 valence electrons. The number of nitriles is 1. The van der Waals surface area contributed by atoms with E-state index in [1.807, 2.05) is 102 Å². The second-order valence-corrected chi connectivity index (χ2v) is 13.3. The van der Waals surface area contributed by atoms with Crippen molar-refractivity contribution in [2.75, 3.05) is 13.2 Å². The van der Waals surface area contributed by atoms with Crippen LogP contribution in [-0.4, -0.2) is 58.3 Å². The monoisotopic (exact) mass is 657 g/mol. The van der Waals surface area contributed by atoms with E-state index in [2.05, 4.69) is 17.4 Å². The lowest BCUT2D eigenvalue weighted by molar-refractivity contribution is -0.133. The number of aliphatic hydroxyl groups excluding tert-OH is 2. The molecule has 8 heteroatoms. The van der Waals surface area contributed by atoms with E-state index in [0.29, 0.717) is 37.9 Å². The van der Waals surface area contributed by atoms with Crippen molar-refractivity contribution in [3.8, 4) is 11.8 Å². The van der Waals surface area contributed by atoms with Crippen LogP contribution in [0.5, 0.6) is 5.75 Å². The van der Waals surface area contributed by atoms with Gasteiger partial charge in [0, 0.05) is 30.8 Å². The number of fused-ring (bicyclic) bond motifs is 1. The molecular weight excluding hydrogens is 614 g/mol. The summed E-state index contributed by atoms with van der Waals surface area (Å²) in [6.45, 7) is 0.0695. The van der Waals surface area contributed by atoms with Gasteiger partial charge in [0.15, 0.2) is 6.61 Å². The summed E-state index contributed by atoms with van der Waals surface area (Å²) >= 11 is 0. The number of carbonyl (C=O) groups excluding carboxylic acids is 2. The van der Waals surface area contributed by atoms with Gasteiger partial charge in [0.1, 0.15) is 11.8 Å². The van der Waals surface area contributed by atoms with Crippen molar-refractivity contribution in [3.63, 3.8) is 0 Å². The summed E-state index contributed by atoms with van der Waals surface area (Å²) in [5, 5.41) is 34.4. The number of hydrogen-bond donors (Lipinski definition) is 3. The van der Waals surface area contributed by atoms with Crippen LogP contribution in [0.15, 0.2) is 109 Å². The molecular formula is C41H43N3O5. The zero-order chi connectivity index (χ0) is 34.2. The Kier molecular flexibility index (Phi) is 11.0. The van der Waals surface area contributed by atoms with Crippen LogP contribution in [-0.2, 0) is 35.3 Å². The number of rotatable bonds is 14. The van der Waals surface area contributed by atoms with Gasteiger partial charge in [-0.25, -0.2) is 0 Å². The molecule has 2 aliphatic rings. The first-order valence-corrected chi connectivity index (χ1v) is 17.1. The molecule has 0 radical (unpaired) electrons. The molecule has 6 atom stereocenters. The molecule has 3 N–H and O–H groups in total. The first kappa shape index (κ1) is 33.9. The van der Waals surface area contributed by atoms with Crippen molar-refractivity contribution < 1.29 is 24.5 Å². The fourth-order valence-electron chi connectivity index (χ4n) is 7.45. The first-order valence-electron chi connectivity index (χ1n) is 17.1. The highest BCUT2D eigenvalue weighted by molar-refractivity contribution is 5.82. The fourth-order valence-corrected chi connectivity index (χ4v) is 7.45. The molecule has 6 rings (SSSR count). The second-order valence-electron chi connectivity index (χ2n) is 13.3. The molecule has 8 nitrogen and oxygen atoms in total. The SMILES string of the molecule is N#CCOc1cccc(C[C@H]2C[C@H](Cc3ccccc3)N(C[C@@H](O)C[C@@H](Cc3ccccc3)C(=O)N[C@H]3c4ccccc4C[C@H]3O)C2=O)c1. The number of amides is 2. The van der Waals surface area contributed by atoms with Crippen molar-refractivity contribution in [2.45, 2.75) is 62.8 Å². The normalized spacial score (nSPS) is 21.1. The van der Waals surface area contributed by atoms with Gasteiger partial charge in [-0.05, 0) is 72.1 Å². The van der Waals surface area contributed by atoms with Gasteiger partial charge in [0.05, 0.1) is 18.2 Å². The number of hydrogen-bond acceptors (Lipinski definition) is 6. The van der Waals surface area contributed by atoms with Gasteiger partial charge in [-0.3, -0.25) is 9.59 Å².